The van der Waals surface area contributed by atoms with Crippen molar-refractivity contribution in [1.82, 2.24) is 9.80 Å². The molecule has 0 saturated carbocycles. The van der Waals surface area contributed by atoms with Gasteiger partial charge in [-0.15, -0.1) is 0 Å². The number of fused-ring (bicyclic) bond motifs is 1. The van der Waals surface area contributed by atoms with Crippen LogP contribution < -0.4 is 0 Å². The molecule has 2 aromatic rings. The van der Waals surface area contributed by atoms with Crippen LogP contribution in [0.4, 0.5) is 0 Å². The van der Waals surface area contributed by atoms with E-state index in [-0.39, 0.29) is 43.0 Å². The van der Waals surface area contributed by atoms with Crippen molar-refractivity contribution in [3.63, 3.8) is 0 Å². The highest BCUT2D eigenvalue weighted by Crippen LogP contribution is 2.43. The zero-order chi connectivity index (χ0) is 21.1. The largest absolute Gasteiger partial charge is 0.394 e. The summed E-state index contributed by atoms with van der Waals surface area (Å²) in [4.78, 5) is 29.0. The number of hydrogen-bond acceptors (Lipinski definition) is 3. The fourth-order valence-corrected chi connectivity index (χ4v) is 4.50. The molecule has 4 rings (SSSR count). The zero-order valence-electron chi connectivity index (χ0n) is 17.1. The second-order valence-corrected chi connectivity index (χ2v) is 7.87. The van der Waals surface area contributed by atoms with Gasteiger partial charge in [-0.2, -0.15) is 0 Å². The Morgan fingerprint density at radius 3 is 2.53 bits per heavy atom. The number of rotatable bonds is 4. The Kier molecular flexibility index (Phi) is 5.87. The number of amides is 2. The quantitative estimate of drug-likeness (QED) is 0.800. The molecule has 2 saturated heterocycles. The van der Waals surface area contributed by atoms with Gasteiger partial charge in [0.1, 0.15) is 6.54 Å². The third kappa shape index (κ3) is 3.71. The van der Waals surface area contributed by atoms with Gasteiger partial charge in [-0.3, -0.25) is 9.59 Å². The molecule has 2 aromatic carbocycles. The average Bonchev–Trinajstić information content (AvgIpc) is 2.76. The Morgan fingerprint density at radius 1 is 1.13 bits per heavy atom. The molecule has 2 amide bonds. The maximum absolute atomic E-state index is 12.9. The molecule has 2 heterocycles. The number of aliphatic hydroxyl groups is 1. The van der Waals surface area contributed by atoms with Crippen LogP contribution in [-0.2, 0) is 4.79 Å². The van der Waals surface area contributed by atoms with Crippen LogP contribution >= 0.6 is 0 Å². The molecule has 0 unspecified atom stereocenters. The van der Waals surface area contributed by atoms with Crippen molar-refractivity contribution in [2.24, 2.45) is 0 Å². The lowest BCUT2D eigenvalue weighted by Gasteiger charge is -2.58. The number of piperazine rings is 1. The van der Waals surface area contributed by atoms with Crippen LogP contribution in [0.25, 0.3) is 0 Å². The van der Waals surface area contributed by atoms with Gasteiger partial charge in [-0.1, -0.05) is 49.1 Å². The van der Waals surface area contributed by atoms with Crippen molar-refractivity contribution in [3.05, 3.63) is 71.3 Å². The van der Waals surface area contributed by atoms with Crippen molar-refractivity contribution in [3.8, 4) is 11.8 Å². The third-order valence-corrected chi connectivity index (χ3v) is 5.96. The summed E-state index contributed by atoms with van der Waals surface area (Å²) < 4.78 is 0. The number of carbonyl (C=O) groups excluding carboxylic acids is 2. The number of benzene rings is 2. The first-order valence-corrected chi connectivity index (χ1v) is 10.5. The minimum absolute atomic E-state index is 0.00275. The van der Waals surface area contributed by atoms with E-state index in [1.54, 1.807) is 21.9 Å². The van der Waals surface area contributed by atoms with E-state index in [1.165, 1.54) is 0 Å². The molecule has 5 heteroatoms. The van der Waals surface area contributed by atoms with Crippen molar-refractivity contribution in [1.29, 1.82) is 0 Å². The second kappa shape index (κ2) is 8.73. The predicted molar refractivity (Wildman–Crippen MR) is 115 cm³/mol. The Balaban J connectivity index is 1.54. The molecule has 0 bridgehead atoms. The van der Waals surface area contributed by atoms with Crippen molar-refractivity contribution in [2.45, 2.75) is 37.8 Å². The zero-order valence-corrected chi connectivity index (χ0v) is 17.1. The van der Waals surface area contributed by atoms with Gasteiger partial charge in [0.2, 0.25) is 5.91 Å². The van der Waals surface area contributed by atoms with E-state index in [0.717, 1.165) is 24.0 Å². The third-order valence-electron chi connectivity index (χ3n) is 5.96. The minimum Gasteiger partial charge on any atom is -0.394 e. The summed E-state index contributed by atoms with van der Waals surface area (Å²) in [6, 6.07) is 16.7. The summed E-state index contributed by atoms with van der Waals surface area (Å²) in [5.74, 6) is 6.08. The Hall–Kier alpha value is -3.10. The van der Waals surface area contributed by atoms with E-state index < -0.39 is 0 Å². The summed E-state index contributed by atoms with van der Waals surface area (Å²) in [6.07, 6.45) is 1.91. The maximum Gasteiger partial charge on any atom is 0.254 e. The van der Waals surface area contributed by atoms with Gasteiger partial charge in [0.15, 0.2) is 0 Å². The normalized spacial score (nSPS) is 22.6. The molecular weight excluding hydrogens is 376 g/mol. The Labute approximate surface area is 177 Å². The lowest BCUT2D eigenvalue weighted by atomic mass is 9.73. The standard InChI is InChI=1S/C25H26N2O3/c1-2-3-5-8-18-11-13-19(14-12-18)24-21-15-26(16-23(29)27(21)22(24)17-28)25(30)20-9-6-4-7-10-20/h4,6-7,9-14,21-22,24,28H,2-3,15-17H2,1H3/t21-,22-,24+/m1/s1. The molecular formula is C25H26N2O3. The fourth-order valence-electron chi connectivity index (χ4n) is 4.50. The van der Waals surface area contributed by atoms with Gasteiger partial charge in [0.25, 0.3) is 5.91 Å². The van der Waals surface area contributed by atoms with Crippen molar-refractivity contribution >= 4 is 11.8 Å². The van der Waals surface area contributed by atoms with Gasteiger partial charge in [-0.25, -0.2) is 0 Å². The molecule has 0 aliphatic carbocycles. The minimum atomic E-state index is -0.242. The molecule has 30 heavy (non-hydrogen) atoms. The van der Waals surface area contributed by atoms with Crippen LogP contribution in [0.15, 0.2) is 54.6 Å². The number of nitrogens with zero attached hydrogens (tertiary/aromatic N) is 2. The Morgan fingerprint density at radius 2 is 1.87 bits per heavy atom. The summed E-state index contributed by atoms with van der Waals surface area (Å²) in [6.45, 7) is 2.54. The average molecular weight is 402 g/mol. The first kappa shape index (κ1) is 20.2. The van der Waals surface area contributed by atoms with Crippen LogP contribution in [0.5, 0.6) is 0 Å². The Bertz CT molecular complexity index is 975. The highest BCUT2D eigenvalue weighted by molar-refractivity contribution is 5.97. The summed E-state index contributed by atoms with van der Waals surface area (Å²) in [7, 11) is 0. The van der Waals surface area contributed by atoms with Crippen molar-refractivity contribution in [2.75, 3.05) is 19.7 Å². The van der Waals surface area contributed by atoms with E-state index in [1.807, 2.05) is 42.5 Å². The maximum atomic E-state index is 12.9. The topological polar surface area (TPSA) is 60.9 Å². The predicted octanol–water partition coefficient (Wildman–Crippen LogP) is 2.65. The molecule has 0 aromatic heterocycles. The number of carbonyl (C=O) groups is 2. The molecule has 2 aliphatic heterocycles. The molecule has 1 N–H and O–H groups in total. The van der Waals surface area contributed by atoms with Crippen LogP contribution in [0.2, 0.25) is 0 Å². The van der Waals surface area contributed by atoms with Crippen LogP contribution in [-0.4, -0.2) is 58.5 Å². The van der Waals surface area contributed by atoms with E-state index in [9.17, 15) is 14.7 Å². The van der Waals surface area contributed by atoms with Crippen LogP contribution in [0, 0.1) is 11.8 Å². The lowest BCUT2D eigenvalue weighted by molar-refractivity contribution is -0.159. The van der Waals surface area contributed by atoms with E-state index >= 15 is 0 Å². The molecule has 2 aliphatic rings. The molecule has 0 radical (unpaired) electrons. The van der Waals surface area contributed by atoms with Gasteiger partial charge < -0.3 is 14.9 Å². The van der Waals surface area contributed by atoms with Crippen LogP contribution in [0.3, 0.4) is 0 Å². The fraction of sp³-hybridized carbons (Fsp3) is 0.360. The smallest absolute Gasteiger partial charge is 0.254 e. The SMILES string of the molecule is CCCC#Cc1ccc([C@@H]2[C@@H](CO)N3C(=O)CN(C(=O)c4ccccc4)C[C@H]23)cc1. The van der Waals surface area contributed by atoms with Crippen molar-refractivity contribution < 1.29 is 14.7 Å². The molecule has 0 spiro atoms. The van der Waals surface area contributed by atoms with Gasteiger partial charge in [0.05, 0.1) is 18.7 Å². The number of aliphatic hydroxyl groups excluding tert-OH is 1. The summed E-state index contributed by atoms with van der Waals surface area (Å²) in [5.41, 5.74) is 2.62. The highest BCUT2D eigenvalue weighted by Gasteiger charge is 2.54. The van der Waals surface area contributed by atoms with E-state index in [4.69, 9.17) is 0 Å². The monoisotopic (exact) mass is 402 g/mol. The lowest BCUT2D eigenvalue weighted by Crippen LogP contribution is -2.73. The first-order valence-electron chi connectivity index (χ1n) is 10.5. The molecule has 154 valence electrons. The molecule has 3 atom stereocenters. The number of unbranched alkanes of at least 4 members (excludes halogenated alkanes) is 1. The molecule has 2 fully saturated rings. The second-order valence-electron chi connectivity index (χ2n) is 7.87. The van der Waals surface area contributed by atoms with Crippen LogP contribution in [0.1, 0.15) is 47.2 Å². The number of hydrogen-bond donors (Lipinski definition) is 1. The van der Waals surface area contributed by atoms with Gasteiger partial charge >= 0.3 is 0 Å². The van der Waals surface area contributed by atoms with E-state index in [0.29, 0.717) is 12.1 Å². The van der Waals surface area contributed by atoms with Gasteiger partial charge in [-0.05, 0) is 36.2 Å². The summed E-state index contributed by atoms with van der Waals surface area (Å²) in [5, 5.41) is 9.93. The molecule has 5 nitrogen and oxygen atoms in total. The first-order chi connectivity index (χ1) is 14.6. The van der Waals surface area contributed by atoms with Gasteiger partial charge in [0, 0.05) is 30.0 Å². The van der Waals surface area contributed by atoms with E-state index in [2.05, 4.69) is 18.8 Å². The highest BCUT2D eigenvalue weighted by atomic mass is 16.3. The summed E-state index contributed by atoms with van der Waals surface area (Å²) >= 11 is 0.